The van der Waals surface area contributed by atoms with E-state index in [2.05, 4.69) is 20.9 Å². The molecule has 41 heavy (non-hydrogen) atoms. The van der Waals surface area contributed by atoms with Crippen molar-refractivity contribution < 1.29 is 52.1 Å². The largest absolute Gasteiger partial charge is 0.480 e. The van der Waals surface area contributed by atoms with Crippen LogP contribution in [-0.2, 0) is 41.9 Å². The van der Waals surface area contributed by atoms with E-state index in [9.17, 15) is 24.4 Å². The normalized spacial score (nSPS) is 24.6. The molecule has 3 rings (SSSR count). The number of alkyl halides is 1. The van der Waals surface area contributed by atoms with Crippen molar-refractivity contribution in [3.63, 3.8) is 0 Å². The number of aliphatic hydroxyl groups is 2. The van der Waals surface area contributed by atoms with Crippen LogP contribution in [0.2, 0.25) is 0 Å². The van der Waals surface area contributed by atoms with E-state index in [1.807, 2.05) is 0 Å². The topological polar surface area (TPSA) is 217 Å². The van der Waals surface area contributed by atoms with E-state index in [-0.39, 0.29) is 17.0 Å². The van der Waals surface area contributed by atoms with Crippen molar-refractivity contribution in [2.45, 2.75) is 51.2 Å². The molecule has 0 aromatic carbocycles. The molecule has 0 radical (unpaired) electrons. The molecular formula is C23H31ClN5O11P. The number of phosphoric ester groups is 1. The fourth-order valence-corrected chi connectivity index (χ4v) is 4.81. The first kappa shape index (κ1) is 32.6. The van der Waals surface area contributed by atoms with Crippen LogP contribution in [0, 0.1) is 24.2 Å². The Morgan fingerprint density at radius 3 is 2.27 bits per heavy atom. The van der Waals surface area contributed by atoms with Crippen molar-refractivity contribution in [2.75, 3.05) is 31.8 Å². The van der Waals surface area contributed by atoms with E-state index in [1.165, 1.54) is 10.9 Å². The summed E-state index contributed by atoms with van der Waals surface area (Å²) in [6, 6.07) is 0. The summed E-state index contributed by atoms with van der Waals surface area (Å²) in [5.74, 6) is -0.799. The molecule has 4 unspecified atom stereocenters. The average molecular weight is 620 g/mol. The van der Waals surface area contributed by atoms with Crippen molar-refractivity contribution in [2.24, 2.45) is 11.8 Å². The Labute approximate surface area is 240 Å². The second kappa shape index (κ2) is 13.0. The number of nitrogens with two attached hydrogens (primary N) is 1. The number of terminal acetylenes is 1. The van der Waals surface area contributed by atoms with Gasteiger partial charge < -0.3 is 30.2 Å². The highest BCUT2D eigenvalue weighted by atomic mass is 35.5. The molecule has 16 nitrogen and oxygen atoms in total. The minimum absolute atomic E-state index is 0.0371. The number of aromatic nitrogens is 4. The second-order valence-electron chi connectivity index (χ2n) is 9.57. The van der Waals surface area contributed by atoms with Gasteiger partial charge in [0.25, 0.3) is 0 Å². The Hall–Kier alpha value is -2.87. The van der Waals surface area contributed by atoms with Crippen LogP contribution in [0.3, 0.4) is 0 Å². The summed E-state index contributed by atoms with van der Waals surface area (Å²) >= 11 is 6.18. The minimum atomic E-state index is -4.70. The van der Waals surface area contributed by atoms with E-state index in [1.54, 1.807) is 27.7 Å². The third-order valence-corrected chi connectivity index (χ3v) is 7.71. The van der Waals surface area contributed by atoms with Gasteiger partial charge in [0.1, 0.15) is 23.5 Å². The molecule has 0 bridgehead atoms. The number of ether oxygens (including phenoxy) is 3. The summed E-state index contributed by atoms with van der Waals surface area (Å²) in [5.41, 5.74) is 1.67. The summed E-state index contributed by atoms with van der Waals surface area (Å²) in [5, 5.41) is 22.5. The van der Waals surface area contributed by atoms with Gasteiger partial charge in [-0.25, -0.2) is 28.6 Å². The molecule has 4 N–H and O–H groups in total. The zero-order chi connectivity index (χ0) is 30.6. The number of anilines is 1. The molecule has 0 spiro atoms. The number of halogens is 1. The highest BCUT2D eigenvalue weighted by Gasteiger charge is 2.64. The number of phosphoric acid groups is 1. The first-order valence-corrected chi connectivity index (χ1v) is 14.1. The SMILES string of the molecule is C#CC1(O)C(n2cnc3c(N)ncnc32)OC(CCl)(COP(=O)(OCOC(=O)C(C)C)OCOC(=O)C(C)C)C1O. The van der Waals surface area contributed by atoms with Crippen molar-refractivity contribution in [3.8, 4) is 12.3 Å². The Morgan fingerprint density at radius 1 is 1.17 bits per heavy atom. The van der Waals surface area contributed by atoms with Crippen LogP contribution < -0.4 is 5.73 Å². The zero-order valence-electron chi connectivity index (χ0n) is 22.6. The average Bonchev–Trinajstić information content (AvgIpc) is 3.46. The van der Waals surface area contributed by atoms with Gasteiger partial charge in [-0.1, -0.05) is 33.6 Å². The maximum atomic E-state index is 13.4. The second-order valence-corrected chi connectivity index (χ2v) is 11.5. The maximum Gasteiger partial charge on any atom is 0.480 e. The van der Waals surface area contributed by atoms with Gasteiger partial charge in [-0.15, -0.1) is 18.0 Å². The van der Waals surface area contributed by atoms with E-state index in [4.69, 9.17) is 51.5 Å². The van der Waals surface area contributed by atoms with Crippen LogP contribution in [0.1, 0.15) is 33.9 Å². The molecule has 1 saturated heterocycles. The number of nitrogen functional groups attached to an aromatic ring is 1. The van der Waals surface area contributed by atoms with Gasteiger partial charge in [-0.3, -0.25) is 18.7 Å². The van der Waals surface area contributed by atoms with Crippen LogP contribution in [-0.4, -0.2) is 85.0 Å². The van der Waals surface area contributed by atoms with Gasteiger partial charge in [0.05, 0.1) is 30.7 Å². The molecule has 2 aromatic heterocycles. The number of rotatable bonds is 13. The summed E-state index contributed by atoms with van der Waals surface area (Å²) in [6.07, 6.45) is 4.49. The number of hydrogen-bond acceptors (Lipinski definition) is 15. The molecule has 2 aromatic rings. The van der Waals surface area contributed by atoms with Crippen LogP contribution in [0.25, 0.3) is 11.2 Å². The van der Waals surface area contributed by atoms with E-state index >= 15 is 0 Å². The molecule has 3 heterocycles. The Kier molecular flexibility index (Phi) is 10.3. The maximum absolute atomic E-state index is 13.4. The smallest absolute Gasteiger partial charge is 0.438 e. The zero-order valence-corrected chi connectivity index (χ0v) is 24.3. The lowest BCUT2D eigenvalue weighted by molar-refractivity contribution is -0.159. The molecule has 1 fully saturated rings. The molecule has 0 aliphatic carbocycles. The Morgan fingerprint density at radius 2 is 1.76 bits per heavy atom. The van der Waals surface area contributed by atoms with Gasteiger partial charge in [-0.05, 0) is 0 Å². The molecule has 18 heteroatoms. The number of hydrogen-bond donors (Lipinski definition) is 3. The van der Waals surface area contributed by atoms with Gasteiger partial charge in [0.2, 0.25) is 13.6 Å². The van der Waals surface area contributed by atoms with Crippen LogP contribution in [0.4, 0.5) is 5.82 Å². The summed E-state index contributed by atoms with van der Waals surface area (Å²) in [6.45, 7) is 3.71. The molecule has 226 valence electrons. The third-order valence-electron chi connectivity index (χ3n) is 5.97. The van der Waals surface area contributed by atoms with Gasteiger partial charge in [-0.2, -0.15) is 0 Å². The minimum Gasteiger partial charge on any atom is -0.438 e. The van der Waals surface area contributed by atoms with Crippen molar-refractivity contribution in [3.05, 3.63) is 12.7 Å². The van der Waals surface area contributed by atoms with E-state index < -0.39 is 81.2 Å². The molecular weight excluding hydrogens is 589 g/mol. The van der Waals surface area contributed by atoms with Crippen LogP contribution >= 0.6 is 19.4 Å². The predicted octanol–water partition coefficient (Wildman–Crippen LogP) is 1.11. The molecule has 0 saturated carbocycles. The third kappa shape index (κ3) is 6.79. The lowest BCUT2D eigenvalue weighted by atomic mass is 9.88. The van der Waals surface area contributed by atoms with Crippen LogP contribution in [0.15, 0.2) is 12.7 Å². The van der Waals surface area contributed by atoms with Crippen LogP contribution in [0.5, 0.6) is 0 Å². The fraction of sp³-hybridized carbons (Fsp3) is 0.609. The number of carbonyl (C=O) groups excluding carboxylic acids is 2. The van der Waals surface area contributed by atoms with Crippen molar-refractivity contribution in [1.29, 1.82) is 0 Å². The number of imidazole rings is 1. The first-order valence-electron chi connectivity index (χ1n) is 12.2. The molecule has 4 atom stereocenters. The Balaban J connectivity index is 1.86. The monoisotopic (exact) mass is 619 g/mol. The summed E-state index contributed by atoms with van der Waals surface area (Å²) < 4.78 is 45.9. The Bertz CT molecular complexity index is 1320. The standard InChI is InChI=1S/C23H31ClN5O11P/c1-6-23(33)20(32)22(7-24,40-21(23)29-10-28-15-16(25)26-9-27-17(15)29)8-37-41(34,38-11-35-18(30)13(2)3)39-12-36-19(31)14(4)5/h1,9-10,13-14,20-21,32-33H,7-8,11-12H2,2-5H3,(H2,25,26,27). The molecule has 0 amide bonds. The number of nitrogens with zero attached hydrogens (tertiary/aromatic N) is 4. The van der Waals surface area contributed by atoms with E-state index in [0.29, 0.717) is 0 Å². The highest BCUT2D eigenvalue weighted by molar-refractivity contribution is 7.48. The van der Waals surface area contributed by atoms with Crippen molar-refractivity contribution in [1.82, 2.24) is 19.5 Å². The lowest BCUT2D eigenvalue weighted by Crippen LogP contribution is -2.53. The summed E-state index contributed by atoms with van der Waals surface area (Å²) in [7, 11) is -4.70. The fourth-order valence-electron chi connectivity index (χ4n) is 3.56. The molecule has 1 aliphatic rings. The summed E-state index contributed by atoms with van der Waals surface area (Å²) in [4.78, 5) is 35.6. The quantitative estimate of drug-likeness (QED) is 0.0940. The number of fused-ring (bicyclic) bond motifs is 1. The first-order chi connectivity index (χ1) is 19.2. The highest BCUT2D eigenvalue weighted by Crippen LogP contribution is 2.53. The van der Waals surface area contributed by atoms with Gasteiger partial charge >= 0.3 is 19.8 Å². The predicted molar refractivity (Wildman–Crippen MR) is 140 cm³/mol. The van der Waals surface area contributed by atoms with Gasteiger partial charge in [0.15, 0.2) is 23.3 Å². The molecule has 1 aliphatic heterocycles. The van der Waals surface area contributed by atoms with Crippen molar-refractivity contribution >= 4 is 48.3 Å². The van der Waals surface area contributed by atoms with E-state index in [0.717, 1.165) is 6.33 Å². The number of esters is 2. The number of carbonyl (C=O) groups is 2. The number of aliphatic hydroxyl groups excluding tert-OH is 1. The lowest BCUT2D eigenvalue weighted by Gasteiger charge is -2.31. The van der Waals surface area contributed by atoms with Gasteiger partial charge in [0, 0.05) is 0 Å².